The molecule has 1 unspecified atom stereocenters. The number of aromatic nitrogens is 1. The van der Waals surface area contributed by atoms with Crippen LogP contribution >= 0.6 is 11.6 Å². The molecule has 1 saturated heterocycles. The van der Waals surface area contributed by atoms with Gasteiger partial charge in [0.2, 0.25) is 0 Å². The fourth-order valence-electron chi connectivity index (χ4n) is 4.66. The third-order valence-electron chi connectivity index (χ3n) is 6.08. The van der Waals surface area contributed by atoms with Crippen LogP contribution < -0.4 is 0 Å². The smallest absolute Gasteiger partial charge is 0.0845 e. The molecule has 2 aliphatic rings. The lowest BCUT2D eigenvalue weighted by molar-refractivity contribution is 0.0804. The number of aryl methyl sites for hydroxylation is 1. The fraction of sp³-hybridized carbons (Fsp3) is 0.619. The third kappa shape index (κ3) is 3.47. The molecule has 2 aromatic rings. The normalized spacial score (nSPS) is 20.8. The van der Waals surface area contributed by atoms with E-state index in [0.717, 1.165) is 48.9 Å². The van der Waals surface area contributed by atoms with Crippen LogP contribution in [0.3, 0.4) is 0 Å². The summed E-state index contributed by atoms with van der Waals surface area (Å²) in [6.07, 6.45) is 6.90. The largest absolute Gasteiger partial charge is 0.390 e. The average molecular weight is 361 g/mol. The Balaban J connectivity index is 1.58. The van der Waals surface area contributed by atoms with Crippen molar-refractivity contribution in [1.29, 1.82) is 0 Å². The topological polar surface area (TPSA) is 28.4 Å². The van der Waals surface area contributed by atoms with Crippen LogP contribution in [-0.4, -0.2) is 40.3 Å². The molecule has 0 radical (unpaired) electrons. The molecular formula is C21H29ClN2O. The Morgan fingerprint density at radius 1 is 1.16 bits per heavy atom. The van der Waals surface area contributed by atoms with Crippen molar-refractivity contribution in [2.24, 2.45) is 5.92 Å². The Morgan fingerprint density at radius 3 is 2.72 bits per heavy atom. The summed E-state index contributed by atoms with van der Waals surface area (Å²) in [6.45, 7) is 5.98. The number of β-amino-alcohol motifs (C(OH)–C–C–N with tert-alkyl or cyclic N) is 1. The van der Waals surface area contributed by atoms with Crippen molar-refractivity contribution in [2.75, 3.05) is 19.6 Å². The molecule has 1 atom stereocenters. The van der Waals surface area contributed by atoms with E-state index in [1.165, 1.54) is 42.3 Å². The predicted octanol–water partition coefficient (Wildman–Crippen LogP) is 4.27. The number of likely N-dealkylation sites (tertiary alicyclic amines) is 1. The average Bonchev–Trinajstić information content (AvgIpc) is 2.93. The Bertz CT molecular complexity index is 746. The van der Waals surface area contributed by atoms with E-state index in [1.807, 2.05) is 6.07 Å². The van der Waals surface area contributed by atoms with Gasteiger partial charge in [-0.2, -0.15) is 0 Å². The molecule has 136 valence electrons. The number of halogens is 1. The maximum atomic E-state index is 10.8. The van der Waals surface area contributed by atoms with Gasteiger partial charge < -0.3 is 14.6 Å². The van der Waals surface area contributed by atoms with E-state index < -0.39 is 0 Å². The molecule has 0 amide bonds. The highest BCUT2D eigenvalue weighted by Gasteiger charge is 2.24. The Morgan fingerprint density at radius 2 is 1.92 bits per heavy atom. The zero-order valence-corrected chi connectivity index (χ0v) is 15.9. The van der Waals surface area contributed by atoms with Crippen LogP contribution in [0.5, 0.6) is 0 Å². The van der Waals surface area contributed by atoms with Gasteiger partial charge in [-0.1, -0.05) is 30.7 Å². The van der Waals surface area contributed by atoms with Crippen LogP contribution in [0.2, 0.25) is 5.02 Å². The molecule has 4 rings (SSSR count). The number of para-hydroxylation sites is 1. The number of rotatable bonds is 4. The molecule has 0 saturated carbocycles. The van der Waals surface area contributed by atoms with Crippen LogP contribution in [-0.2, 0) is 19.4 Å². The number of aliphatic hydroxyl groups excluding tert-OH is 1. The summed E-state index contributed by atoms with van der Waals surface area (Å²) in [5.41, 5.74) is 3.99. The number of aliphatic hydroxyl groups is 1. The lowest BCUT2D eigenvalue weighted by Gasteiger charge is -2.32. The second kappa shape index (κ2) is 7.30. The molecule has 0 spiro atoms. The van der Waals surface area contributed by atoms with E-state index in [1.54, 1.807) is 0 Å². The predicted molar refractivity (Wildman–Crippen MR) is 104 cm³/mol. The molecule has 1 fully saturated rings. The summed E-state index contributed by atoms with van der Waals surface area (Å²) >= 11 is 6.56. The van der Waals surface area contributed by atoms with Crippen LogP contribution in [0.1, 0.15) is 43.9 Å². The van der Waals surface area contributed by atoms with Crippen molar-refractivity contribution in [3.8, 4) is 0 Å². The molecule has 1 aliphatic heterocycles. The first-order valence-corrected chi connectivity index (χ1v) is 10.2. The zero-order chi connectivity index (χ0) is 17.4. The summed E-state index contributed by atoms with van der Waals surface area (Å²) in [7, 11) is 0. The van der Waals surface area contributed by atoms with Crippen molar-refractivity contribution < 1.29 is 5.11 Å². The fourth-order valence-corrected chi connectivity index (χ4v) is 4.93. The Labute approximate surface area is 155 Å². The molecule has 1 N–H and O–H groups in total. The summed E-state index contributed by atoms with van der Waals surface area (Å²) in [5, 5.41) is 12.9. The molecule has 1 aliphatic carbocycles. The van der Waals surface area contributed by atoms with E-state index >= 15 is 0 Å². The standard InChI is InChI=1S/C21H29ClN2O/c1-15-9-11-23(12-10-15)13-16(25)14-24-20-8-3-2-5-17(20)18-6-4-7-19(22)21(18)24/h4,6-7,15-16,25H,2-3,5,8-14H2,1H3. The van der Waals surface area contributed by atoms with E-state index in [4.69, 9.17) is 11.6 Å². The highest BCUT2D eigenvalue weighted by Crippen LogP contribution is 2.35. The first-order chi connectivity index (χ1) is 12.1. The van der Waals surface area contributed by atoms with Crippen LogP contribution in [0.15, 0.2) is 18.2 Å². The summed E-state index contributed by atoms with van der Waals surface area (Å²) in [5.74, 6) is 0.826. The highest BCUT2D eigenvalue weighted by molar-refractivity contribution is 6.35. The second-order valence-electron chi connectivity index (χ2n) is 8.02. The van der Waals surface area contributed by atoms with Gasteiger partial charge in [-0.3, -0.25) is 0 Å². The van der Waals surface area contributed by atoms with Crippen molar-refractivity contribution >= 4 is 22.5 Å². The first-order valence-electron chi connectivity index (χ1n) is 9.82. The van der Waals surface area contributed by atoms with Crippen LogP contribution in [0, 0.1) is 5.92 Å². The van der Waals surface area contributed by atoms with E-state index in [2.05, 4.69) is 28.5 Å². The summed E-state index contributed by atoms with van der Waals surface area (Å²) in [4.78, 5) is 2.42. The quantitative estimate of drug-likeness (QED) is 0.882. The van der Waals surface area contributed by atoms with Crippen molar-refractivity contribution in [2.45, 2.75) is 58.1 Å². The van der Waals surface area contributed by atoms with Crippen LogP contribution in [0.25, 0.3) is 10.9 Å². The molecule has 1 aromatic heterocycles. The maximum absolute atomic E-state index is 10.8. The molecular weight excluding hydrogens is 332 g/mol. The molecule has 4 heteroatoms. The minimum absolute atomic E-state index is 0.341. The van der Waals surface area contributed by atoms with Gasteiger partial charge in [-0.25, -0.2) is 0 Å². The van der Waals surface area contributed by atoms with E-state index in [0.29, 0.717) is 6.54 Å². The maximum Gasteiger partial charge on any atom is 0.0845 e. The number of nitrogens with zero attached hydrogens (tertiary/aromatic N) is 2. The Kier molecular flexibility index (Phi) is 5.08. The van der Waals surface area contributed by atoms with E-state index in [9.17, 15) is 5.11 Å². The highest BCUT2D eigenvalue weighted by atomic mass is 35.5. The monoisotopic (exact) mass is 360 g/mol. The second-order valence-corrected chi connectivity index (χ2v) is 8.42. The number of fused-ring (bicyclic) bond motifs is 3. The zero-order valence-electron chi connectivity index (χ0n) is 15.2. The van der Waals surface area contributed by atoms with Gasteiger partial charge in [0, 0.05) is 17.6 Å². The van der Waals surface area contributed by atoms with E-state index in [-0.39, 0.29) is 6.10 Å². The van der Waals surface area contributed by atoms with Gasteiger partial charge in [0.1, 0.15) is 0 Å². The van der Waals surface area contributed by atoms with Gasteiger partial charge in [-0.05, 0) is 69.2 Å². The van der Waals surface area contributed by atoms with Gasteiger partial charge in [0.15, 0.2) is 0 Å². The van der Waals surface area contributed by atoms with Gasteiger partial charge in [0.25, 0.3) is 0 Å². The van der Waals surface area contributed by atoms with Crippen molar-refractivity contribution in [3.63, 3.8) is 0 Å². The minimum Gasteiger partial charge on any atom is -0.390 e. The SMILES string of the molecule is CC1CCN(CC(O)Cn2c3c(c4cccc(Cl)c42)CCCC3)CC1. The number of hydrogen-bond donors (Lipinski definition) is 1. The minimum atomic E-state index is -0.341. The summed E-state index contributed by atoms with van der Waals surface area (Å²) < 4.78 is 2.32. The Hall–Kier alpha value is -1.03. The molecule has 25 heavy (non-hydrogen) atoms. The third-order valence-corrected chi connectivity index (χ3v) is 6.39. The lowest BCUT2D eigenvalue weighted by Crippen LogP contribution is -2.39. The molecule has 0 bridgehead atoms. The summed E-state index contributed by atoms with van der Waals surface area (Å²) in [6, 6.07) is 6.22. The van der Waals surface area contributed by atoms with Crippen LogP contribution in [0.4, 0.5) is 0 Å². The van der Waals surface area contributed by atoms with Gasteiger partial charge in [0.05, 0.1) is 23.2 Å². The number of piperidine rings is 1. The molecule has 3 nitrogen and oxygen atoms in total. The van der Waals surface area contributed by atoms with Crippen molar-refractivity contribution in [3.05, 3.63) is 34.5 Å². The van der Waals surface area contributed by atoms with Crippen molar-refractivity contribution in [1.82, 2.24) is 9.47 Å². The first kappa shape index (κ1) is 17.4. The number of hydrogen-bond acceptors (Lipinski definition) is 2. The molecule has 2 heterocycles. The number of benzene rings is 1. The molecule has 1 aromatic carbocycles. The van der Waals surface area contributed by atoms with Gasteiger partial charge >= 0.3 is 0 Å². The van der Waals surface area contributed by atoms with Gasteiger partial charge in [-0.15, -0.1) is 0 Å². The lowest BCUT2D eigenvalue weighted by atomic mass is 9.95.